The Kier molecular flexibility index (Phi) is 3.65. The van der Waals surface area contributed by atoms with Crippen LogP contribution in [0.5, 0.6) is 0 Å². The Morgan fingerprint density at radius 1 is 1.50 bits per heavy atom. The van der Waals surface area contributed by atoms with E-state index < -0.39 is 9.84 Å². The standard InChI is InChI=1S/C12H15N2O3S/c13-11(15)3-1-2-9-6-7-14-12(8-9)18(16,17)10-4-5-10/h2,6-8,10H,1,3-5H2,(H2,13,15). The van der Waals surface area contributed by atoms with Crippen molar-refractivity contribution in [3.63, 3.8) is 0 Å². The average molecular weight is 267 g/mol. The highest BCUT2D eigenvalue weighted by Gasteiger charge is 2.37. The molecule has 1 heterocycles. The fourth-order valence-electron chi connectivity index (χ4n) is 1.64. The van der Waals surface area contributed by atoms with Crippen LogP contribution < -0.4 is 5.73 Å². The van der Waals surface area contributed by atoms with Crippen molar-refractivity contribution in [2.45, 2.75) is 36.0 Å². The van der Waals surface area contributed by atoms with Crippen LogP contribution in [0.15, 0.2) is 23.4 Å². The highest BCUT2D eigenvalue weighted by molar-refractivity contribution is 7.92. The number of hydrogen-bond acceptors (Lipinski definition) is 4. The minimum absolute atomic E-state index is 0.123. The van der Waals surface area contributed by atoms with Gasteiger partial charge in [-0.05, 0) is 43.4 Å². The van der Waals surface area contributed by atoms with E-state index in [2.05, 4.69) is 4.98 Å². The van der Waals surface area contributed by atoms with Gasteiger partial charge < -0.3 is 5.73 Å². The molecule has 6 heteroatoms. The quantitative estimate of drug-likeness (QED) is 0.826. The summed E-state index contributed by atoms with van der Waals surface area (Å²) in [5.74, 6) is -0.369. The summed E-state index contributed by atoms with van der Waals surface area (Å²) in [6.45, 7) is 0. The first-order chi connectivity index (χ1) is 8.50. The van der Waals surface area contributed by atoms with Crippen LogP contribution in [0.4, 0.5) is 0 Å². The first-order valence-electron chi connectivity index (χ1n) is 5.81. The van der Waals surface area contributed by atoms with E-state index in [0.717, 1.165) is 18.4 Å². The molecule has 0 saturated heterocycles. The van der Waals surface area contributed by atoms with Crippen LogP contribution >= 0.6 is 0 Å². The molecule has 1 fully saturated rings. The number of sulfone groups is 1. The maximum absolute atomic E-state index is 12.0. The average Bonchev–Trinajstić information content (AvgIpc) is 3.13. The van der Waals surface area contributed by atoms with Gasteiger partial charge in [-0.2, -0.15) is 0 Å². The van der Waals surface area contributed by atoms with Gasteiger partial charge in [0.1, 0.15) is 0 Å². The Morgan fingerprint density at radius 2 is 2.22 bits per heavy atom. The number of hydrogen-bond donors (Lipinski definition) is 1. The molecule has 0 spiro atoms. The number of amides is 1. The molecule has 0 atom stereocenters. The summed E-state index contributed by atoms with van der Waals surface area (Å²) >= 11 is 0. The summed E-state index contributed by atoms with van der Waals surface area (Å²) < 4.78 is 24.0. The van der Waals surface area contributed by atoms with Crippen LogP contribution in [0.3, 0.4) is 0 Å². The van der Waals surface area contributed by atoms with Gasteiger partial charge in [-0.15, -0.1) is 0 Å². The third kappa shape index (κ3) is 3.07. The molecule has 0 aromatic carbocycles. The lowest BCUT2D eigenvalue weighted by Crippen LogP contribution is -2.10. The van der Waals surface area contributed by atoms with Crippen LogP contribution in [0.1, 0.15) is 31.2 Å². The van der Waals surface area contributed by atoms with E-state index in [4.69, 9.17) is 5.73 Å². The molecule has 0 aliphatic heterocycles. The highest BCUT2D eigenvalue weighted by atomic mass is 32.2. The maximum Gasteiger partial charge on any atom is 0.217 e. The van der Waals surface area contributed by atoms with Crippen molar-refractivity contribution in [1.29, 1.82) is 0 Å². The number of nitrogens with zero attached hydrogens (tertiary/aromatic N) is 1. The Hall–Kier alpha value is -1.43. The molecule has 1 radical (unpaired) electrons. The van der Waals surface area contributed by atoms with E-state index in [1.807, 2.05) is 0 Å². The second-order valence-electron chi connectivity index (χ2n) is 4.38. The minimum atomic E-state index is -3.25. The maximum atomic E-state index is 12.0. The minimum Gasteiger partial charge on any atom is -0.370 e. The van der Waals surface area contributed by atoms with Crippen molar-refractivity contribution < 1.29 is 13.2 Å². The summed E-state index contributed by atoms with van der Waals surface area (Å²) in [5, 5.41) is -0.135. The van der Waals surface area contributed by atoms with Gasteiger partial charge in [-0.25, -0.2) is 13.4 Å². The number of carbonyl (C=O) groups excluding carboxylic acids is 1. The van der Waals surface area contributed by atoms with Crippen LogP contribution in [0.25, 0.3) is 0 Å². The molecule has 2 N–H and O–H groups in total. The zero-order chi connectivity index (χ0) is 13.2. The third-order valence-electron chi connectivity index (χ3n) is 2.78. The van der Waals surface area contributed by atoms with Crippen LogP contribution in [0, 0.1) is 6.42 Å². The molecule has 2 rings (SSSR count). The lowest BCUT2D eigenvalue weighted by atomic mass is 10.1. The van der Waals surface area contributed by atoms with E-state index in [9.17, 15) is 13.2 Å². The van der Waals surface area contributed by atoms with E-state index >= 15 is 0 Å². The largest absolute Gasteiger partial charge is 0.370 e. The molecule has 1 saturated carbocycles. The lowest BCUT2D eigenvalue weighted by molar-refractivity contribution is -0.117. The van der Waals surface area contributed by atoms with E-state index in [-0.39, 0.29) is 22.6 Å². The molecule has 97 valence electrons. The van der Waals surface area contributed by atoms with Gasteiger partial charge in [0.25, 0.3) is 0 Å². The topological polar surface area (TPSA) is 90.1 Å². The predicted molar refractivity (Wildman–Crippen MR) is 66.3 cm³/mol. The Labute approximate surface area is 106 Å². The highest BCUT2D eigenvalue weighted by Crippen LogP contribution is 2.32. The third-order valence-corrected chi connectivity index (χ3v) is 4.94. The molecule has 0 unspecified atom stereocenters. The SMILES string of the molecule is NC(=O)CC[CH]c1ccnc(S(=O)(=O)C2CC2)c1. The summed E-state index contributed by atoms with van der Waals surface area (Å²) in [6.07, 6.45) is 5.47. The van der Waals surface area contributed by atoms with E-state index in [0.29, 0.717) is 6.42 Å². The smallest absolute Gasteiger partial charge is 0.217 e. The van der Waals surface area contributed by atoms with Crippen LogP contribution in [0.2, 0.25) is 0 Å². The van der Waals surface area contributed by atoms with Gasteiger partial charge >= 0.3 is 0 Å². The molecule has 1 amide bonds. The zero-order valence-electron chi connectivity index (χ0n) is 9.87. The number of nitrogens with two attached hydrogens (primary N) is 1. The summed E-state index contributed by atoms with van der Waals surface area (Å²) in [4.78, 5) is 14.5. The van der Waals surface area contributed by atoms with Crippen LogP contribution in [-0.4, -0.2) is 24.6 Å². The molecule has 0 bridgehead atoms. The molecule has 5 nitrogen and oxygen atoms in total. The first kappa shape index (κ1) is 13.0. The van der Waals surface area contributed by atoms with Crippen molar-refractivity contribution in [3.8, 4) is 0 Å². The van der Waals surface area contributed by atoms with Crippen molar-refractivity contribution in [3.05, 3.63) is 30.3 Å². The van der Waals surface area contributed by atoms with Gasteiger partial charge in [0.15, 0.2) is 14.9 Å². The number of aromatic nitrogens is 1. The second kappa shape index (κ2) is 5.06. The predicted octanol–water partition coefficient (Wildman–Crippen LogP) is 0.836. The van der Waals surface area contributed by atoms with Gasteiger partial charge in [0.05, 0.1) is 5.25 Å². The molecule has 18 heavy (non-hydrogen) atoms. The van der Waals surface area contributed by atoms with Crippen molar-refractivity contribution >= 4 is 15.7 Å². The summed E-state index contributed by atoms with van der Waals surface area (Å²) in [5.41, 5.74) is 5.79. The van der Waals surface area contributed by atoms with Crippen molar-refractivity contribution in [2.75, 3.05) is 0 Å². The number of carbonyl (C=O) groups is 1. The molecular formula is C12H15N2O3S. The zero-order valence-corrected chi connectivity index (χ0v) is 10.7. The van der Waals surface area contributed by atoms with E-state index in [1.54, 1.807) is 18.6 Å². The number of rotatable bonds is 6. The Bertz CT molecular complexity index is 550. The Balaban J connectivity index is 2.08. The number of primary amides is 1. The normalized spacial score (nSPS) is 15.6. The van der Waals surface area contributed by atoms with Gasteiger partial charge in [0.2, 0.25) is 5.91 Å². The monoisotopic (exact) mass is 267 g/mol. The van der Waals surface area contributed by atoms with Crippen molar-refractivity contribution in [1.82, 2.24) is 4.98 Å². The fourth-order valence-corrected chi connectivity index (χ4v) is 3.24. The molecular weight excluding hydrogens is 252 g/mol. The fraction of sp³-hybridized carbons (Fsp3) is 0.417. The van der Waals surface area contributed by atoms with Gasteiger partial charge in [-0.1, -0.05) is 0 Å². The number of pyridine rings is 1. The molecule has 1 aromatic heterocycles. The van der Waals surface area contributed by atoms with Crippen molar-refractivity contribution in [2.24, 2.45) is 5.73 Å². The molecule has 1 aliphatic rings. The Morgan fingerprint density at radius 3 is 2.83 bits per heavy atom. The lowest BCUT2D eigenvalue weighted by Gasteiger charge is -2.04. The summed E-state index contributed by atoms with van der Waals surface area (Å²) in [7, 11) is -3.25. The second-order valence-corrected chi connectivity index (χ2v) is 6.56. The summed E-state index contributed by atoms with van der Waals surface area (Å²) in [6, 6.07) is 3.27. The molecule has 1 aliphatic carbocycles. The van der Waals surface area contributed by atoms with Gasteiger partial charge in [0, 0.05) is 12.6 Å². The van der Waals surface area contributed by atoms with Gasteiger partial charge in [-0.3, -0.25) is 4.79 Å². The first-order valence-corrected chi connectivity index (χ1v) is 7.36. The van der Waals surface area contributed by atoms with Crippen LogP contribution in [-0.2, 0) is 14.6 Å². The molecule has 1 aromatic rings. The van der Waals surface area contributed by atoms with E-state index in [1.165, 1.54) is 6.20 Å².